The van der Waals surface area contributed by atoms with Crippen molar-refractivity contribution in [3.8, 4) is 0 Å². The number of esters is 1. The predicted molar refractivity (Wildman–Crippen MR) is 117 cm³/mol. The van der Waals surface area contributed by atoms with Crippen LogP contribution in [0.2, 0.25) is 0 Å². The third-order valence-corrected chi connectivity index (χ3v) is 7.78. The summed E-state index contributed by atoms with van der Waals surface area (Å²) < 4.78 is 32.7. The first-order valence-electron chi connectivity index (χ1n) is 10.5. The second-order valence-electron chi connectivity index (χ2n) is 7.88. The van der Waals surface area contributed by atoms with Gasteiger partial charge < -0.3 is 9.64 Å². The Bertz CT molecular complexity index is 1100. The van der Waals surface area contributed by atoms with E-state index in [-0.39, 0.29) is 55.5 Å². The summed E-state index contributed by atoms with van der Waals surface area (Å²) in [5.41, 5.74) is 0. The number of ether oxygens (including phenoxy) is 1. The number of amides is 1. The Labute approximate surface area is 182 Å². The largest absolute Gasteiger partial charge is 0.455 e. The Kier molecular flexibility index (Phi) is 6.38. The van der Waals surface area contributed by atoms with E-state index >= 15 is 0 Å². The zero-order valence-corrected chi connectivity index (χ0v) is 18.1. The fraction of sp³-hybridized carbons (Fsp3) is 0.391. The van der Waals surface area contributed by atoms with Crippen LogP contribution in [0, 0.1) is 5.92 Å². The summed E-state index contributed by atoms with van der Waals surface area (Å²) in [6.45, 7) is 0.672. The molecule has 4 rings (SSSR count). The highest BCUT2D eigenvalue weighted by atomic mass is 32.2. The van der Waals surface area contributed by atoms with Crippen molar-refractivity contribution in [2.24, 2.45) is 5.92 Å². The van der Waals surface area contributed by atoms with Crippen LogP contribution in [0.15, 0.2) is 59.5 Å². The first-order chi connectivity index (χ1) is 14.9. The quantitative estimate of drug-likeness (QED) is 0.525. The highest BCUT2D eigenvalue weighted by Gasteiger charge is 2.31. The minimum absolute atomic E-state index is 0.179. The molecule has 2 aliphatic rings. The van der Waals surface area contributed by atoms with Gasteiger partial charge in [0.1, 0.15) is 0 Å². The Balaban J connectivity index is 1.32. The topological polar surface area (TPSA) is 84.0 Å². The molecule has 1 atom stereocenters. The van der Waals surface area contributed by atoms with Gasteiger partial charge in [-0.2, -0.15) is 4.31 Å². The van der Waals surface area contributed by atoms with Crippen molar-refractivity contribution in [3.05, 3.63) is 54.6 Å². The molecule has 1 heterocycles. The van der Waals surface area contributed by atoms with Crippen molar-refractivity contribution in [1.29, 1.82) is 0 Å². The van der Waals surface area contributed by atoms with Crippen molar-refractivity contribution in [1.82, 2.24) is 9.21 Å². The van der Waals surface area contributed by atoms with Gasteiger partial charge in [0.05, 0.1) is 10.8 Å². The molecule has 31 heavy (non-hydrogen) atoms. The van der Waals surface area contributed by atoms with Crippen molar-refractivity contribution < 1.29 is 22.7 Å². The van der Waals surface area contributed by atoms with E-state index in [1.165, 1.54) is 4.31 Å². The first-order valence-corrected chi connectivity index (χ1v) is 12.0. The van der Waals surface area contributed by atoms with E-state index < -0.39 is 10.0 Å². The molecule has 0 aromatic heterocycles. The van der Waals surface area contributed by atoms with E-state index in [1.807, 2.05) is 36.4 Å². The third kappa shape index (κ3) is 4.80. The van der Waals surface area contributed by atoms with E-state index in [2.05, 4.69) is 0 Å². The van der Waals surface area contributed by atoms with Gasteiger partial charge in [0, 0.05) is 26.2 Å². The summed E-state index contributed by atoms with van der Waals surface area (Å²) in [5.74, 6) is -0.806. The molecule has 1 aliphatic carbocycles. The molecule has 8 heteroatoms. The number of allylic oxidation sites excluding steroid dienone is 2. The number of rotatable bonds is 5. The highest BCUT2D eigenvalue weighted by Crippen LogP contribution is 2.23. The zero-order chi connectivity index (χ0) is 21.8. The minimum Gasteiger partial charge on any atom is -0.455 e. The molecule has 2 aromatic carbocycles. The van der Waals surface area contributed by atoms with E-state index in [4.69, 9.17) is 4.74 Å². The van der Waals surface area contributed by atoms with Crippen LogP contribution in [-0.4, -0.2) is 62.3 Å². The summed E-state index contributed by atoms with van der Waals surface area (Å²) in [6.07, 6.45) is 6.25. The third-order valence-electron chi connectivity index (χ3n) is 5.89. The number of carbonyl (C=O) groups is 2. The van der Waals surface area contributed by atoms with Crippen LogP contribution in [0.1, 0.15) is 19.3 Å². The molecule has 0 radical (unpaired) electrons. The van der Waals surface area contributed by atoms with Crippen LogP contribution in [0.3, 0.4) is 0 Å². The fourth-order valence-corrected chi connectivity index (χ4v) is 5.46. The number of nitrogens with zero attached hydrogens (tertiary/aromatic N) is 2. The second-order valence-corrected chi connectivity index (χ2v) is 9.82. The van der Waals surface area contributed by atoms with Gasteiger partial charge in [-0.05, 0) is 42.2 Å². The summed E-state index contributed by atoms with van der Waals surface area (Å²) in [4.78, 5) is 26.3. The molecule has 1 saturated heterocycles. The van der Waals surface area contributed by atoms with Gasteiger partial charge in [0.2, 0.25) is 10.0 Å². The molecule has 1 unspecified atom stereocenters. The monoisotopic (exact) mass is 442 g/mol. The van der Waals surface area contributed by atoms with Gasteiger partial charge in [-0.3, -0.25) is 9.59 Å². The molecule has 164 valence electrons. The molecule has 2 aromatic rings. The average molecular weight is 443 g/mol. The van der Waals surface area contributed by atoms with Crippen molar-refractivity contribution >= 4 is 32.7 Å². The van der Waals surface area contributed by atoms with Crippen molar-refractivity contribution in [3.63, 3.8) is 0 Å². The molecule has 0 N–H and O–H groups in total. The van der Waals surface area contributed by atoms with E-state index in [0.29, 0.717) is 6.42 Å². The number of benzene rings is 2. The lowest BCUT2D eigenvalue weighted by atomic mass is 9.95. The molecule has 0 saturated carbocycles. The van der Waals surface area contributed by atoms with Gasteiger partial charge in [-0.1, -0.05) is 42.5 Å². The van der Waals surface area contributed by atoms with Crippen LogP contribution < -0.4 is 0 Å². The Hall–Kier alpha value is -2.71. The molecular formula is C23H26N2O5S. The molecule has 7 nitrogen and oxygen atoms in total. The summed E-state index contributed by atoms with van der Waals surface area (Å²) in [7, 11) is -3.64. The first kappa shape index (κ1) is 21.5. The average Bonchev–Trinajstić information content (AvgIpc) is 2.82. The molecule has 0 bridgehead atoms. The molecule has 1 aliphatic heterocycles. The second kappa shape index (κ2) is 9.20. The Morgan fingerprint density at radius 2 is 1.71 bits per heavy atom. The minimum atomic E-state index is -3.64. The number of carbonyl (C=O) groups excluding carboxylic acids is 2. The Morgan fingerprint density at radius 1 is 0.968 bits per heavy atom. The van der Waals surface area contributed by atoms with Gasteiger partial charge in [0.25, 0.3) is 5.91 Å². The standard InChI is InChI=1S/C23H26N2O5S/c26-22(17-30-23(27)19-7-2-1-3-8-19)24-12-14-25(15-13-24)31(28,29)21-11-10-18-6-4-5-9-20(18)16-21/h1-2,4-6,9-11,16,19H,3,7-8,12-15,17H2. The van der Waals surface area contributed by atoms with Crippen LogP contribution in [-0.2, 0) is 24.3 Å². The lowest BCUT2D eigenvalue weighted by Crippen LogP contribution is -2.51. The summed E-state index contributed by atoms with van der Waals surface area (Å²) in [6, 6.07) is 12.7. The van der Waals surface area contributed by atoms with Crippen LogP contribution in [0.4, 0.5) is 0 Å². The number of hydrogen-bond acceptors (Lipinski definition) is 5. The smallest absolute Gasteiger partial charge is 0.309 e. The van der Waals surface area contributed by atoms with Crippen molar-refractivity contribution in [2.75, 3.05) is 32.8 Å². The maximum absolute atomic E-state index is 13.0. The molecule has 0 spiro atoms. The maximum atomic E-state index is 13.0. The number of fused-ring (bicyclic) bond motifs is 1. The summed E-state index contributed by atoms with van der Waals surface area (Å²) >= 11 is 0. The number of piperazine rings is 1. The van der Waals surface area contributed by atoms with Gasteiger partial charge in [-0.15, -0.1) is 0 Å². The highest BCUT2D eigenvalue weighted by molar-refractivity contribution is 7.89. The molecule has 1 amide bonds. The fourth-order valence-electron chi connectivity index (χ4n) is 4.00. The van der Waals surface area contributed by atoms with E-state index in [0.717, 1.165) is 23.6 Å². The summed E-state index contributed by atoms with van der Waals surface area (Å²) in [5, 5.41) is 1.85. The maximum Gasteiger partial charge on any atom is 0.309 e. The number of sulfonamides is 1. The van der Waals surface area contributed by atoms with Gasteiger partial charge in [-0.25, -0.2) is 8.42 Å². The van der Waals surface area contributed by atoms with Crippen LogP contribution >= 0.6 is 0 Å². The molecular weight excluding hydrogens is 416 g/mol. The normalized spacial score (nSPS) is 20.0. The zero-order valence-electron chi connectivity index (χ0n) is 17.3. The van der Waals surface area contributed by atoms with Crippen LogP contribution in [0.25, 0.3) is 10.8 Å². The van der Waals surface area contributed by atoms with E-state index in [9.17, 15) is 18.0 Å². The van der Waals surface area contributed by atoms with E-state index in [1.54, 1.807) is 23.1 Å². The lowest BCUT2D eigenvalue weighted by Gasteiger charge is -2.34. The SMILES string of the molecule is O=C(OCC(=O)N1CCN(S(=O)(=O)c2ccc3ccccc3c2)CC1)C1CC=CCC1. The van der Waals surface area contributed by atoms with Crippen LogP contribution in [0.5, 0.6) is 0 Å². The lowest BCUT2D eigenvalue weighted by molar-refractivity contribution is -0.156. The predicted octanol–water partition coefficient (Wildman–Crippen LogP) is 2.57. The molecule has 1 fully saturated rings. The van der Waals surface area contributed by atoms with Gasteiger partial charge in [0.15, 0.2) is 6.61 Å². The Morgan fingerprint density at radius 3 is 2.42 bits per heavy atom. The van der Waals surface area contributed by atoms with Gasteiger partial charge >= 0.3 is 5.97 Å². The van der Waals surface area contributed by atoms with Crippen molar-refractivity contribution in [2.45, 2.75) is 24.2 Å². The number of hydrogen-bond donors (Lipinski definition) is 0.